The van der Waals surface area contributed by atoms with Crippen LogP contribution in [0.1, 0.15) is 31.4 Å². The number of rotatable bonds is 3. The van der Waals surface area contributed by atoms with Crippen LogP contribution in [0.5, 0.6) is 5.75 Å². The van der Waals surface area contributed by atoms with E-state index in [4.69, 9.17) is 16.3 Å². The molecule has 0 atom stereocenters. The maximum Gasteiger partial charge on any atom is 0.122 e. The Morgan fingerprint density at radius 2 is 2.20 bits per heavy atom. The zero-order chi connectivity index (χ0) is 10.9. The fourth-order valence-corrected chi connectivity index (χ4v) is 2.46. The Morgan fingerprint density at radius 1 is 1.40 bits per heavy atom. The van der Waals surface area contributed by atoms with Gasteiger partial charge in [0.1, 0.15) is 5.75 Å². The molecule has 0 spiro atoms. The van der Waals surface area contributed by atoms with Gasteiger partial charge in [0.2, 0.25) is 0 Å². The highest BCUT2D eigenvalue weighted by atomic mass is 35.5. The molecular weight excluding hydrogens is 208 g/mol. The number of halogens is 1. The summed E-state index contributed by atoms with van der Waals surface area (Å²) in [5.41, 5.74) is 2.88. The summed E-state index contributed by atoms with van der Waals surface area (Å²) in [7, 11) is 0. The van der Waals surface area contributed by atoms with Gasteiger partial charge in [-0.3, -0.25) is 0 Å². The summed E-state index contributed by atoms with van der Waals surface area (Å²) in [4.78, 5) is 0. The summed E-state index contributed by atoms with van der Waals surface area (Å²) >= 11 is 5.83. The van der Waals surface area contributed by atoms with Crippen LogP contribution < -0.4 is 4.74 Å². The quantitative estimate of drug-likeness (QED) is 0.714. The topological polar surface area (TPSA) is 9.23 Å². The van der Waals surface area contributed by atoms with Gasteiger partial charge in [-0.1, -0.05) is 26.0 Å². The van der Waals surface area contributed by atoms with E-state index in [1.54, 1.807) is 0 Å². The molecule has 1 heterocycles. The van der Waals surface area contributed by atoms with Crippen LogP contribution in [0.2, 0.25) is 0 Å². The van der Waals surface area contributed by atoms with Crippen molar-refractivity contribution in [3.8, 4) is 5.75 Å². The summed E-state index contributed by atoms with van der Waals surface area (Å²) < 4.78 is 5.50. The number of benzene rings is 1. The van der Waals surface area contributed by atoms with Gasteiger partial charge < -0.3 is 4.74 Å². The molecule has 0 saturated carbocycles. The summed E-state index contributed by atoms with van der Waals surface area (Å²) in [6.45, 7) is 5.31. The van der Waals surface area contributed by atoms with Crippen LogP contribution in [0.4, 0.5) is 0 Å². The van der Waals surface area contributed by atoms with Crippen molar-refractivity contribution in [1.82, 2.24) is 0 Å². The smallest absolute Gasteiger partial charge is 0.122 e. The van der Waals surface area contributed by atoms with E-state index in [1.165, 1.54) is 11.1 Å². The molecule has 1 aliphatic rings. The molecular formula is C13H17ClO. The monoisotopic (exact) mass is 224 g/mol. The van der Waals surface area contributed by atoms with Crippen molar-refractivity contribution in [2.75, 3.05) is 12.5 Å². The van der Waals surface area contributed by atoms with Crippen molar-refractivity contribution in [2.45, 2.75) is 32.1 Å². The Morgan fingerprint density at radius 3 is 2.93 bits per heavy atom. The Bertz CT molecular complexity index is 358. The van der Waals surface area contributed by atoms with Crippen LogP contribution in [0.25, 0.3) is 0 Å². The Balaban J connectivity index is 2.29. The molecule has 2 rings (SSSR count). The molecule has 0 fully saturated rings. The first kappa shape index (κ1) is 10.8. The normalized spacial score (nSPS) is 14.9. The van der Waals surface area contributed by atoms with Crippen molar-refractivity contribution in [3.63, 3.8) is 0 Å². The first-order valence-electron chi connectivity index (χ1n) is 5.46. The van der Waals surface area contributed by atoms with Gasteiger partial charge in [-0.2, -0.15) is 0 Å². The second kappa shape index (κ2) is 4.05. The molecule has 1 aromatic carbocycles. The van der Waals surface area contributed by atoms with Crippen molar-refractivity contribution < 1.29 is 4.74 Å². The molecule has 0 N–H and O–H groups in total. The Labute approximate surface area is 96.4 Å². The Hall–Kier alpha value is -0.690. The predicted octanol–water partition coefficient (Wildman–Crippen LogP) is 3.53. The van der Waals surface area contributed by atoms with Gasteiger partial charge in [0.15, 0.2) is 0 Å². The second-order valence-corrected chi connectivity index (χ2v) is 5.12. The van der Waals surface area contributed by atoms with E-state index in [9.17, 15) is 0 Å². The number of hydrogen-bond donors (Lipinski definition) is 0. The first-order valence-corrected chi connectivity index (χ1v) is 5.99. The number of alkyl halides is 1. The summed E-state index contributed by atoms with van der Waals surface area (Å²) in [5, 5.41) is 0. The molecule has 1 nitrogen and oxygen atoms in total. The van der Waals surface area contributed by atoms with Crippen LogP contribution in [0, 0.1) is 0 Å². The fourth-order valence-electron chi connectivity index (χ4n) is 1.99. The third-order valence-electron chi connectivity index (χ3n) is 3.19. The lowest BCUT2D eigenvalue weighted by Crippen LogP contribution is -2.17. The van der Waals surface area contributed by atoms with Gasteiger partial charge in [0, 0.05) is 12.3 Å². The molecule has 1 aromatic rings. The van der Waals surface area contributed by atoms with E-state index < -0.39 is 0 Å². The molecule has 0 unspecified atom stereocenters. The molecule has 0 aliphatic carbocycles. The minimum absolute atomic E-state index is 0.166. The number of fused-ring (bicyclic) bond motifs is 1. The lowest BCUT2D eigenvalue weighted by atomic mass is 9.81. The molecule has 0 aromatic heterocycles. The summed E-state index contributed by atoms with van der Waals surface area (Å²) in [5.74, 6) is 1.76. The molecule has 2 heteroatoms. The largest absolute Gasteiger partial charge is 0.493 e. The maximum atomic E-state index is 5.83. The van der Waals surface area contributed by atoms with Gasteiger partial charge in [-0.15, -0.1) is 11.6 Å². The molecule has 0 bridgehead atoms. The van der Waals surface area contributed by atoms with E-state index >= 15 is 0 Å². The van der Waals surface area contributed by atoms with Gasteiger partial charge in [-0.05, 0) is 29.0 Å². The van der Waals surface area contributed by atoms with Gasteiger partial charge in [0.25, 0.3) is 0 Å². The lowest BCUT2D eigenvalue weighted by molar-refractivity contribution is 0.356. The highest BCUT2D eigenvalue weighted by molar-refractivity contribution is 6.17. The Kier molecular flexibility index (Phi) is 2.92. The highest BCUT2D eigenvalue weighted by Gasteiger charge is 2.22. The molecule has 0 saturated heterocycles. The van der Waals surface area contributed by atoms with E-state index in [-0.39, 0.29) is 5.41 Å². The molecule has 0 amide bonds. The zero-order valence-electron chi connectivity index (χ0n) is 9.35. The third kappa shape index (κ3) is 2.12. The number of hydrogen-bond acceptors (Lipinski definition) is 1. The molecule has 82 valence electrons. The molecule has 15 heavy (non-hydrogen) atoms. The van der Waals surface area contributed by atoms with E-state index in [1.807, 2.05) is 0 Å². The van der Waals surface area contributed by atoms with Crippen molar-refractivity contribution in [3.05, 3.63) is 29.3 Å². The zero-order valence-corrected chi connectivity index (χ0v) is 10.1. The standard InChI is InChI=1S/C13H17ClO/c1-13(2,6-7-14)11-3-4-12-10(9-11)5-8-15-12/h3-4,9H,5-8H2,1-2H3. The minimum Gasteiger partial charge on any atom is -0.493 e. The van der Waals surface area contributed by atoms with Crippen LogP contribution in [-0.4, -0.2) is 12.5 Å². The van der Waals surface area contributed by atoms with E-state index in [0.717, 1.165) is 25.2 Å². The van der Waals surface area contributed by atoms with E-state index in [0.29, 0.717) is 5.88 Å². The minimum atomic E-state index is 0.166. The summed E-state index contributed by atoms with van der Waals surface area (Å²) in [6, 6.07) is 6.53. The number of ether oxygens (including phenoxy) is 1. The fraction of sp³-hybridized carbons (Fsp3) is 0.538. The van der Waals surface area contributed by atoms with Crippen LogP contribution >= 0.6 is 11.6 Å². The van der Waals surface area contributed by atoms with Crippen LogP contribution in [0.15, 0.2) is 18.2 Å². The van der Waals surface area contributed by atoms with Crippen LogP contribution in [0.3, 0.4) is 0 Å². The second-order valence-electron chi connectivity index (χ2n) is 4.74. The third-order valence-corrected chi connectivity index (χ3v) is 3.38. The van der Waals surface area contributed by atoms with Crippen LogP contribution in [-0.2, 0) is 11.8 Å². The SMILES string of the molecule is CC(C)(CCCl)c1ccc2c(c1)CCO2. The van der Waals surface area contributed by atoms with Crippen molar-refractivity contribution in [2.24, 2.45) is 0 Å². The summed E-state index contributed by atoms with van der Waals surface area (Å²) in [6.07, 6.45) is 2.05. The van der Waals surface area contributed by atoms with E-state index in [2.05, 4.69) is 32.0 Å². The highest BCUT2D eigenvalue weighted by Crippen LogP contribution is 2.33. The van der Waals surface area contributed by atoms with Crippen molar-refractivity contribution in [1.29, 1.82) is 0 Å². The average Bonchev–Trinajstić information content (AvgIpc) is 2.63. The first-order chi connectivity index (χ1) is 7.13. The predicted molar refractivity (Wildman–Crippen MR) is 64.0 cm³/mol. The van der Waals surface area contributed by atoms with Gasteiger partial charge in [0.05, 0.1) is 6.61 Å². The lowest BCUT2D eigenvalue weighted by Gasteiger charge is -2.24. The van der Waals surface area contributed by atoms with Gasteiger partial charge >= 0.3 is 0 Å². The van der Waals surface area contributed by atoms with Gasteiger partial charge in [-0.25, -0.2) is 0 Å². The molecule has 0 radical (unpaired) electrons. The molecule has 1 aliphatic heterocycles. The maximum absolute atomic E-state index is 5.83. The average molecular weight is 225 g/mol. The van der Waals surface area contributed by atoms with Crippen molar-refractivity contribution >= 4 is 11.6 Å².